The number of hydrogen-bond donors (Lipinski definition) is 2. The van der Waals surface area contributed by atoms with Gasteiger partial charge in [0, 0.05) is 13.2 Å². The minimum Gasteiger partial charge on any atom is -0.444 e. The number of aliphatic hydroxyl groups excluding tert-OH is 1. The first-order chi connectivity index (χ1) is 11.0. The minimum atomic E-state index is -1.87. The van der Waals surface area contributed by atoms with E-state index in [1.54, 1.807) is 0 Å². The lowest BCUT2D eigenvalue weighted by Gasteiger charge is -2.37. The van der Waals surface area contributed by atoms with Crippen LogP contribution in [0.15, 0.2) is 0 Å². The molecule has 0 bridgehead atoms. The van der Waals surface area contributed by atoms with Crippen LogP contribution >= 0.6 is 0 Å². The first kappa shape index (κ1) is 23.4. The fourth-order valence-electron chi connectivity index (χ4n) is 1.83. The number of carbonyl (C=O) groups excluding carboxylic acids is 1. The zero-order chi connectivity index (χ0) is 18.8. The van der Waals surface area contributed by atoms with Gasteiger partial charge in [0.15, 0.2) is 8.32 Å². The Labute approximate surface area is 149 Å². The van der Waals surface area contributed by atoms with Gasteiger partial charge in [-0.3, -0.25) is 0 Å². The Kier molecular flexibility index (Phi) is 10.8. The summed E-state index contributed by atoms with van der Waals surface area (Å²) in [6.45, 7) is 16.4. The molecule has 0 rings (SSSR count). The molecule has 144 valence electrons. The maximum atomic E-state index is 12.0. The van der Waals surface area contributed by atoms with Gasteiger partial charge in [-0.2, -0.15) is 0 Å². The fourth-order valence-corrected chi connectivity index (χ4v) is 2.87. The minimum absolute atomic E-state index is 0.127. The van der Waals surface area contributed by atoms with Crippen LogP contribution in [0.25, 0.3) is 0 Å². The molecule has 0 aromatic carbocycles. The van der Waals surface area contributed by atoms with Gasteiger partial charge >= 0.3 is 6.09 Å². The second-order valence-corrected chi connectivity index (χ2v) is 13.2. The van der Waals surface area contributed by atoms with Crippen LogP contribution in [0, 0.1) is 5.92 Å². The molecule has 0 saturated heterocycles. The van der Waals surface area contributed by atoms with Gasteiger partial charge in [-0.25, -0.2) is 4.79 Å². The van der Waals surface area contributed by atoms with Gasteiger partial charge < -0.3 is 19.6 Å². The van der Waals surface area contributed by atoms with Crippen LogP contribution in [0.3, 0.4) is 0 Å². The fraction of sp³-hybridized carbons (Fsp3) is 0.944. The monoisotopic (exact) mass is 361 g/mol. The quantitative estimate of drug-likeness (QED) is 0.425. The Balaban J connectivity index is 4.49. The van der Waals surface area contributed by atoms with Gasteiger partial charge in [-0.15, -0.1) is 0 Å². The highest BCUT2D eigenvalue weighted by molar-refractivity contribution is 6.74. The highest BCUT2D eigenvalue weighted by atomic mass is 28.4. The Morgan fingerprint density at radius 1 is 1.17 bits per heavy atom. The normalized spacial score (nSPS) is 13.9. The lowest BCUT2D eigenvalue weighted by Crippen LogP contribution is -2.43. The third-order valence-corrected chi connectivity index (χ3v) is 9.14. The highest BCUT2D eigenvalue weighted by Crippen LogP contribution is 2.36. The third-order valence-electron chi connectivity index (χ3n) is 4.64. The van der Waals surface area contributed by atoms with Gasteiger partial charge in [-0.1, -0.05) is 34.6 Å². The van der Waals surface area contributed by atoms with E-state index in [1.807, 2.05) is 0 Å². The molecule has 5 nitrogen and oxygen atoms in total. The molecule has 0 aliphatic heterocycles. The number of aliphatic hydroxyl groups is 1. The van der Waals surface area contributed by atoms with Gasteiger partial charge in [0.1, 0.15) is 6.10 Å². The van der Waals surface area contributed by atoms with Crippen molar-refractivity contribution in [3.63, 3.8) is 0 Å². The lowest BCUT2D eigenvalue weighted by atomic mass is 10.1. The number of rotatable bonds is 11. The summed E-state index contributed by atoms with van der Waals surface area (Å²) in [7, 11) is -1.87. The highest BCUT2D eigenvalue weighted by Gasteiger charge is 2.37. The van der Waals surface area contributed by atoms with E-state index in [-0.39, 0.29) is 23.8 Å². The molecule has 0 spiro atoms. The number of amides is 1. The SMILES string of the molecule is CC(C)CCNC(=O)O[C@@H](CCCCO)CO[Si](C)(C)C(C)(C)C. The molecule has 0 radical (unpaired) electrons. The standard InChI is InChI=1S/C18H39NO4Si/c1-15(2)11-12-19-17(21)23-16(10-8-9-13-20)14-22-24(6,7)18(3,4)5/h15-16,20H,8-14H2,1-7H3,(H,19,21)/t16-/m0/s1. The number of ether oxygens (including phenoxy) is 1. The van der Waals surface area contributed by atoms with Crippen LogP contribution in [0.1, 0.15) is 60.3 Å². The summed E-state index contributed by atoms with van der Waals surface area (Å²) in [5.74, 6) is 0.549. The second kappa shape index (κ2) is 11.1. The number of carbonyl (C=O) groups is 1. The molecule has 0 heterocycles. The molecule has 0 aliphatic rings. The molecule has 24 heavy (non-hydrogen) atoms. The molecule has 0 fully saturated rings. The summed E-state index contributed by atoms with van der Waals surface area (Å²) in [6, 6.07) is 0. The van der Waals surface area contributed by atoms with Gasteiger partial charge in [-0.05, 0) is 49.7 Å². The molecule has 2 N–H and O–H groups in total. The van der Waals surface area contributed by atoms with Crippen LogP contribution in [0.5, 0.6) is 0 Å². The molecule has 0 aromatic rings. The van der Waals surface area contributed by atoms with E-state index in [0.29, 0.717) is 25.5 Å². The Bertz CT molecular complexity index is 353. The van der Waals surface area contributed by atoms with Crippen LogP contribution in [-0.2, 0) is 9.16 Å². The molecule has 0 aliphatic carbocycles. The van der Waals surface area contributed by atoms with E-state index < -0.39 is 8.32 Å². The van der Waals surface area contributed by atoms with Gasteiger partial charge in [0.2, 0.25) is 0 Å². The molecular formula is C18H39NO4Si. The summed E-state index contributed by atoms with van der Waals surface area (Å²) in [6.07, 6.45) is 2.56. The van der Waals surface area contributed by atoms with Crippen molar-refractivity contribution in [3.8, 4) is 0 Å². The van der Waals surface area contributed by atoms with Crippen LogP contribution in [0.4, 0.5) is 4.79 Å². The molecule has 0 unspecified atom stereocenters. The second-order valence-electron chi connectivity index (χ2n) is 8.43. The van der Waals surface area contributed by atoms with E-state index in [9.17, 15) is 4.79 Å². The lowest BCUT2D eigenvalue weighted by molar-refractivity contribution is 0.0538. The van der Waals surface area contributed by atoms with Gasteiger partial charge in [0.25, 0.3) is 0 Å². The van der Waals surface area contributed by atoms with E-state index in [1.165, 1.54) is 0 Å². The predicted molar refractivity (Wildman–Crippen MR) is 102 cm³/mol. The summed E-state index contributed by atoms with van der Waals surface area (Å²) in [5.41, 5.74) is 0. The average Bonchev–Trinajstić information content (AvgIpc) is 2.43. The smallest absolute Gasteiger partial charge is 0.407 e. The maximum Gasteiger partial charge on any atom is 0.407 e. The van der Waals surface area contributed by atoms with Crippen LogP contribution in [-0.4, -0.2) is 45.4 Å². The van der Waals surface area contributed by atoms with Crippen molar-refractivity contribution in [2.75, 3.05) is 19.8 Å². The molecule has 0 aromatic heterocycles. The largest absolute Gasteiger partial charge is 0.444 e. The maximum absolute atomic E-state index is 12.0. The summed E-state index contributed by atoms with van der Waals surface area (Å²) in [5, 5.41) is 11.9. The van der Waals surface area contributed by atoms with E-state index >= 15 is 0 Å². The van der Waals surface area contributed by atoms with Gasteiger partial charge in [0.05, 0.1) is 6.61 Å². The Hall–Kier alpha value is -0.593. The third kappa shape index (κ3) is 10.3. The van der Waals surface area contributed by atoms with Crippen molar-refractivity contribution in [3.05, 3.63) is 0 Å². The number of unbranched alkanes of at least 4 members (excludes halogenated alkanes) is 1. The topological polar surface area (TPSA) is 67.8 Å². The first-order valence-corrected chi connectivity index (χ1v) is 12.1. The van der Waals surface area contributed by atoms with Crippen molar-refractivity contribution < 1.29 is 19.1 Å². The summed E-state index contributed by atoms with van der Waals surface area (Å²) < 4.78 is 11.8. The molecule has 1 amide bonds. The Morgan fingerprint density at radius 2 is 1.79 bits per heavy atom. The summed E-state index contributed by atoms with van der Waals surface area (Å²) >= 11 is 0. The summed E-state index contributed by atoms with van der Waals surface area (Å²) in [4.78, 5) is 12.0. The van der Waals surface area contributed by atoms with Crippen molar-refractivity contribution in [2.45, 2.75) is 84.5 Å². The predicted octanol–water partition coefficient (Wildman–Crippen LogP) is 4.31. The average molecular weight is 362 g/mol. The zero-order valence-corrected chi connectivity index (χ0v) is 17.8. The first-order valence-electron chi connectivity index (χ1n) is 9.19. The molecule has 1 atom stereocenters. The number of nitrogens with one attached hydrogen (secondary N) is 1. The number of alkyl carbamates (subject to hydrolysis) is 1. The van der Waals surface area contributed by atoms with Crippen LogP contribution in [0.2, 0.25) is 18.1 Å². The molecule has 0 saturated carbocycles. The molecular weight excluding hydrogens is 322 g/mol. The Morgan fingerprint density at radius 3 is 2.29 bits per heavy atom. The van der Waals surface area contributed by atoms with E-state index in [2.05, 4.69) is 53.0 Å². The van der Waals surface area contributed by atoms with Crippen molar-refractivity contribution in [1.29, 1.82) is 0 Å². The number of hydrogen-bond acceptors (Lipinski definition) is 4. The van der Waals surface area contributed by atoms with Crippen molar-refractivity contribution in [1.82, 2.24) is 5.32 Å². The van der Waals surface area contributed by atoms with E-state index in [4.69, 9.17) is 14.3 Å². The zero-order valence-electron chi connectivity index (χ0n) is 16.8. The van der Waals surface area contributed by atoms with Crippen LogP contribution < -0.4 is 5.32 Å². The van der Waals surface area contributed by atoms with E-state index in [0.717, 1.165) is 19.3 Å². The molecule has 6 heteroatoms. The van der Waals surface area contributed by atoms with Crippen molar-refractivity contribution >= 4 is 14.4 Å². The van der Waals surface area contributed by atoms with Crippen molar-refractivity contribution in [2.24, 2.45) is 5.92 Å².